The van der Waals surface area contributed by atoms with Crippen LogP contribution in [0.1, 0.15) is 11.3 Å². The monoisotopic (exact) mass is 353 g/mol. The van der Waals surface area contributed by atoms with Crippen LogP contribution in [0, 0.1) is 6.92 Å². The number of hydrogen-bond donors (Lipinski definition) is 0. The Labute approximate surface area is 140 Å². The number of carbonyl (C=O) groups excluding carboxylic acids is 1. The lowest BCUT2D eigenvalue weighted by atomic mass is 10.2. The largest absolute Gasteiger partial charge is 0.482 e. The predicted molar refractivity (Wildman–Crippen MR) is 86.1 cm³/mol. The van der Waals surface area contributed by atoms with Crippen molar-refractivity contribution in [1.29, 1.82) is 0 Å². The first kappa shape index (κ1) is 18.0. The highest BCUT2D eigenvalue weighted by Crippen LogP contribution is 2.18. The number of furan rings is 1. The number of para-hydroxylation sites is 1. The molecule has 0 bridgehead atoms. The van der Waals surface area contributed by atoms with Crippen LogP contribution in [-0.2, 0) is 26.2 Å². The smallest absolute Gasteiger partial charge is 0.344 e. The van der Waals surface area contributed by atoms with Gasteiger partial charge >= 0.3 is 5.97 Å². The van der Waals surface area contributed by atoms with Crippen LogP contribution in [0.2, 0.25) is 0 Å². The molecule has 2 aromatic rings. The van der Waals surface area contributed by atoms with Gasteiger partial charge in [-0.15, -0.1) is 0 Å². The van der Waals surface area contributed by atoms with Crippen LogP contribution in [0.5, 0.6) is 5.75 Å². The van der Waals surface area contributed by atoms with E-state index in [0.717, 1.165) is 9.87 Å². The molecule has 0 atom stereocenters. The molecular formula is C16H19NO6S. The summed E-state index contributed by atoms with van der Waals surface area (Å²) in [4.78, 5) is 11.7. The van der Waals surface area contributed by atoms with E-state index in [4.69, 9.17) is 13.9 Å². The van der Waals surface area contributed by atoms with Gasteiger partial charge < -0.3 is 13.9 Å². The fraction of sp³-hybridized carbons (Fsp3) is 0.312. The van der Waals surface area contributed by atoms with Crippen LogP contribution < -0.4 is 4.74 Å². The lowest BCUT2D eigenvalue weighted by Gasteiger charge is -2.09. The van der Waals surface area contributed by atoms with E-state index in [2.05, 4.69) is 0 Å². The van der Waals surface area contributed by atoms with Gasteiger partial charge in [0.1, 0.15) is 18.1 Å². The summed E-state index contributed by atoms with van der Waals surface area (Å²) in [7, 11) is -0.838. The van der Waals surface area contributed by atoms with E-state index in [-0.39, 0.29) is 24.1 Å². The molecule has 0 saturated heterocycles. The Kier molecular flexibility index (Phi) is 5.63. The number of ether oxygens (including phenoxy) is 2. The van der Waals surface area contributed by atoms with Crippen molar-refractivity contribution in [2.75, 3.05) is 20.7 Å². The molecule has 0 unspecified atom stereocenters. The zero-order valence-electron chi connectivity index (χ0n) is 13.7. The van der Waals surface area contributed by atoms with Crippen LogP contribution in [0.3, 0.4) is 0 Å². The Morgan fingerprint density at radius 2 is 1.88 bits per heavy atom. The van der Waals surface area contributed by atoms with Gasteiger partial charge in [-0.1, -0.05) is 18.2 Å². The zero-order chi connectivity index (χ0) is 17.7. The summed E-state index contributed by atoms with van der Waals surface area (Å²) in [5, 5.41) is -0.199. The van der Waals surface area contributed by atoms with E-state index in [1.807, 2.05) is 25.1 Å². The van der Waals surface area contributed by atoms with Gasteiger partial charge in [-0.05, 0) is 30.7 Å². The van der Waals surface area contributed by atoms with E-state index >= 15 is 0 Å². The summed E-state index contributed by atoms with van der Waals surface area (Å²) in [6, 6.07) is 10.1. The lowest BCUT2D eigenvalue weighted by molar-refractivity contribution is -0.147. The Morgan fingerprint density at radius 1 is 1.17 bits per heavy atom. The molecule has 0 aliphatic heterocycles. The predicted octanol–water partition coefficient (Wildman–Crippen LogP) is 1.96. The second kappa shape index (κ2) is 7.50. The molecule has 0 amide bonds. The average molecular weight is 353 g/mol. The molecule has 130 valence electrons. The van der Waals surface area contributed by atoms with Crippen molar-refractivity contribution in [3.05, 3.63) is 47.7 Å². The number of nitrogens with zero attached hydrogens (tertiary/aromatic N) is 1. The summed E-state index contributed by atoms with van der Waals surface area (Å²) in [5.41, 5.74) is 0.912. The van der Waals surface area contributed by atoms with Crippen molar-refractivity contribution >= 4 is 16.0 Å². The summed E-state index contributed by atoms with van der Waals surface area (Å²) in [6.45, 7) is 1.46. The topological polar surface area (TPSA) is 86.0 Å². The van der Waals surface area contributed by atoms with Crippen molar-refractivity contribution in [3.63, 3.8) is 0 Å². The molecule has 8 heteroatoms. The third-order valence-corrected chi connectivity index (χ3v) is 4.88. The van der Waals surface area contributed by atoms with E-state index in [1.165, 1.54) is 26.2 Å². The number of esters is 1. The van der Waals surface area contributed by atoms with Crippen molar-refractivity contribution in [1.82, 2.24) is 4.31 Å². The minimum Gasteiger partial charge on any atom is -0.482 e. The Bertz CT molecular complexity index is 809. The van der Waals surface area contributed by atoms with Crippen molar-refractivity contribution in [2.24, 2.45) is 0 Å². The van der Waals surface area contributed by atoms with E-state index < -0.39 is 16.0 Å². The normalized spacial score (nSPS) is 11.5. The molecular weight excluding hydrogens is 334 g/mol. The molecule has 0 spiro atoms. The molecule has 0 radical (unpaired) electrons. The highest BCUT2D eigenvalue weighted by molar-refractivity contribution is 7.88. The maximum atomic E-state index is 11.9. The van der Waals surface area contributed by atoms with Crippen LogP contribution in [0.15, 0.2) is 45.9 Å². The summed E-state index contributed by atoms with van der Waals surface area (Å²) >= 11 is 0. The maximum absolute atomic E-state index is 11.9. The van der Waals surface area contributed by atoms with Crippen molar-refractivity contribution < 1.29 is 27.1 Å². The number of hydrogen-bond acceptors (Lipinski definition) is 6. The first-order chi connectivity index (χ1) is 11.3. The van der Waals surface area contributed by atoms with Gasteiger partial charge in [-0.2, -0.15) is 0 Å². The second-order valence-corrected chi connectivity index (χ2v) is 7.31. The first-order valence-electron chi connectivity index (χ1n) is 7.16. The van der Waals surface area contributed by atoms with Gasteiger partial charge in [-0.25, -0.2) is 17.5 Å². The molecule has 0 aliphatic rings. The fourth-order valence-electron chi connectivity index (χ4n) is 1.80. The van der Waals surface area contributed by atoms with Gasteiger partial charge in [0.15, 0.2) is 6.61 Å². The molecule has 0 saturated carbocycles. The van der Waals surface area contributed by atoms with Crippen LogP contribution in [0.4, 0.5) is 0 Å². The minimum atomic E-state index is -3.64. The summed E-state index contributed by atoms with van der Waals surface area (Å²) in [5.74, 6) is 0.262. The van der Waals surface area contributed by atoms with Crippen molar-refractivity contribution in [2.45, 2.75) is 18.6 Å². The fourth-order valence-corrected chi connectivity index (χ4v) is 2.61. The van der Waals surface area contributed by atoms with Gasteiger partial charge in [0.25, 0.3) is 10.0 Å². The van der Waals surface area contributed by atoms with E-state index in [1.54, 1.807) is 6.07 Å². The highest BCUT2D eigenvalue weighted by Gasteiger charge is 2.21. The lowest BCUT2D eigenvalue weighted by Crippen LogP contribution is -2.21. The molecule has 1 aromatic carbocycles. The average Bonchev–Trinajstić information content (AvgIpc) is 3.01. The van der Waals surface area contributed by atoms with Gasteiger partial charge in [-0.3, -0.25) is 0 Å². The number of carbonyl (C=O) groups is 1. The van der Waals surface area contributed by atoms with Crippen molar-refractivity contribution in [3.8, 4) is 5.75 Å². The third kappa shape index (κ3) is 4.36. The van der Waals surface area contributed by atoms with Gasteiger partial charge in [0.2, 0.25) is 5.09 Å². The Hall–Kier alpha value is -2.32. The summed E-state index contributed by atoms with van der Waals surface area (Å²) < 4.78 is 40.4. The molecule has 7 nitrogen and oxygen atoms in total. The SMILES string of the molecule is Cc1ccccc1OCC(=O)OCc1ccc(S(=O)(=O)N(C)C)o1. The number of aryl methyl sites for hydroxylation is 1. The number of sulfonamides is 1. The molecule has 0 N–H and O–H groups in total. The van der Waals surface area contributed by atoms with Gasteiger partial charge in [0, 0.05) is 14.1 Å². The maximum Gasteiger partial charge on any atom is 0.344 e. The first-order valence-corrected chi connectivity index (χ1v) is 8.60. The zero-order valence-corrected chi connectivity index (χ0v) is 14.5. The van der Waals surface area contributed by atoms with Crippen LogP contribution in [-0.4, -0.2) is 39.4 Å². The Morgan fingerprint density at radius 3 is 2.54 bits per heavy atom. The summed E-state index contributed by atoms with van der Waals surface area (Å²) in [6.07, 6.45) is 0. The van der Waals surface area contributed by atoms with E-state index in [0.29, 0.717) is 5.75 Å². The van der Waals surface area contributed by atoms with E-state index in [9.17, 15) is 13.2 Å². The number of rotatable bonds is 7. The third-order valence-electron chi connectivity index (χ3n) is 3.19. The minimum absolute atomic E-state index is 0.168. The standard InChI is InChI=1S/C16H19NO6S/c1-12-6-4-5-7-14(12)21-11-15(18)22-10-13-8-9-16(23-13)24(19,20)17(2)3/h4-9H,10-11H2,1-3H3. The van der Waals surface area contributed by atoms with Crippen LogP contribution >= 0.6 is 0 Å². The molecule has 24 heavy (non-hydrogen) atoms. The molecule has 0 fully saturated rings. The number of benzene rings is 1. The molecule has 0 aliphatic carbocycles. The molecule has 1 aromatic heterocycles. The van der Waals surface area contributed by atoms with Crippen LogP contribution in [0.25, 0.3) is 0 Å². The molecule has 2 rings (SSSR count). The second-order valence-electron chi connectivity index (χ2n) is 5.22. The van der Waals surface area contributed by atoms with Gasteiger partial charge in [0.05, 0.1) is 0 Å². The quantitative estimate of drug-likeness (QED) is 0.707. The molecule has 1 heterocycles. The Balaban J connectivity index is 1.87. The highest BCUT2D eigenvalue weighted by atomic mass is 32.2.